The fraction of sp³-hybridized carbons (Fsp3) is 0.920. The summed E-state index contributed by atoms with van der Waals surface area (Å²) < 4.78 is 11.5. The summed E-state index contributed by atoms with van der Waals surface area (Å²) in [6.07, 6.45) is 20.9. The van der Waals surface area contributed by atoms with Gasteiger partial charge in [0, 0.05) is 0 Å². The Morgan fingerprint density at radius 3 is 1.76 bits per heavy atom. The summed E-state index contributed by atoms with van der Waals surface area (Å²) in [5, 5.41) is 10.2. The lowest BCUT2D eigenvalue weighted by Crippen LogP contribution is -2.43. The van der Waals surface area contributed by atoms with Crippen LogP contribution in [0.2, 0.25) is 18.1 Å². The van der Waals surface area contributed by atoms with Gasteiger partial charge in [-0.2, -0.15) is 0 Å². The Morgan fingerprint density at radius 2 is 1.28 bits per heavy atom. The Balaban J connectivity index is 3.44. The van der Waals surface area contributed by atoms with E-state index < -0.39 is 14.4 Å². The maximum absolute atomic E-state index is 10.0. The molecule has 0 saturated carbocycles. The maximum Gasteiger partial charge on any atom is 0.192 e. The maximum atomic E-state index is 10.0. The van der Waals surface area contributed by atoms with Crippen molar-refractivity contribution in [1.29, 1.82) is 0 Å². The molecule has 174 valence electrons. The first-order valence-corrected chi connectivity index (χ1v) is 15.2. The Hall–Kier alpha value is -0.323. The molecule has 0 fully saturated rings. The molecule has 1 N–H and O–H groups in total. The fourth-order valence-corrected chi connectivity index (χ4v) is 4.02. The second-order valence-corrected chi connectivity index (χ2v) is 14.9. The van der Waals surface area contributed by atoms with Crippen LogP contribution in [0.5, 0.6) is 0 Å². The van der Waals surface area contributed by atoms with Gasteiger partial charge in [0.2, 0.25) is 0 Å². The molecule has 0 aliphatic heterocycles. The molecule has 0 amide bonds. The monoisotopic (exact) mass is 428 g/mol. The third kappa shape index (κ3) is 17.1. The molecule has 4 heteroatoms. The summed E-state index contributed by atoms with van der Waals surface area (Å²) in [5.41, 5.74) is 0. The van der Waals surface area contributed by atoms with Crippen molar-refractivity contribution in [3.8, 4) is 0 Å². The van der Waals surface area contributed by atoms with Crippen molar-refractivity contribution in [2.24, 2.45) is 0 Å². The highest BCUT2D eigenvalue weighted by molar-refractivity contribution is 6.74. The van der Waals surface area contributed by atoms with E-state index in [1.165, 1.54) is 77.0 Å². The molecule has 0 aliphatic rings. The van der Waals surface area contributed by atoms with Crippen molar-refractivity contribution in [3.63, 3.8) is 0 Å². The van der Waals surface area contributed by atoms with Gasteiger partial charge < -0.3 is 14.3 Å². The topological polar surface area (TPSA) is 38.7 Å². The molecule has 0 aromatic rings. The normalized spacial score (nSPS) is 13.9. The van der Waals surface area contributed by atoms with E-state index >= 15 is 0 Å². The summed E-state index contributed by atoms with van der Waals surface area (Å²) in [4.78, 5) is 0. The minimum atomic E-state index is -1.79. The molecule has 0 spiro atoms. The van der Waals surface area contributed by atoms with Crippen LogP contribution in [0.1, 0.15) is 111 Å². The number of hydrogen-bond donors (Lipinski definition) is 1. The zero-order chi connectivity index (χ0) is 22.0. The van der Waals surface area contributed by atoms with Crippen molar-refractivity contribution in [1.82, 2.24) is 0 Å². The van der Waals surface area contributed by atoms with E-state index in [-0.39, 0.29) is 5.04 Å². The first-order valence-electron chi connectivity index (χ1n) is 12.3. The van der Waals surface area contributed by atoms with E-state index in [1.54, 1.807) is 6.26 Å². The van der Waals surface area contributed by atoms with Crippen LogP contribution in [-0.2, 0) is 9.16 Å². The van der Waals surface area contributed by atoms with Crippen molar-refractivity contribution in [2.75, 3.05) is 13.2 Å². The van der Waals surface area contributed by atoms with Crippen molar-refractivity contribution in [3.05, 3.63) is 12.3 Å². The second kappa shape index (κ2) is 17.4. The highest BCUT2D eigenvalue weighted by Crippen LogP contribution is 2.36. The van der Waals surface area contributed by atoms with Gasteiger partial charge in [0.15, 0.2) is 8.32 Å². The largest absolute Gasteiger partial charge is 0.499 e. The first-order chi connectivity index (χ1) is 13.7. The number of rotatable bonds is 19. The Labute approximate surface area is 183 Å². The highest BCUT2D eigenvalue weighted by Gasteiger charge is 2.37. The van der Waals surface area contributed by atoms with Crippen LogP contribution in [0.3, 0.4) is 0 Å². The van der Waals surface area contributed by atoms with Crippen LogP contribution >= 0.6 is 0 Å². The Kier molecular flexibility index (Phi) is 17.2. The van der Waals surface area contributed by atoms with E-state index in [9.17, 15) is 5.11 Å². The molecule has 0 aliphatic carbocycles. The molecule has 0 bridgehead atoms. The van der Waals surface area contributed by atoms with E-state index in [2.05, 4.69) is 46.9 Å². The van der Waals surface area contributed by atoms with Crippen LogP contribution in [0.25, 0.3) is 0 Å². The molecule has 1 atom stereocenters. The number of allylic oxidation sites excluding steroid dienone is 1. The van der Waals surface area contributed by atoms with Gasteiger partial charge in [-0.05, 0) is 37.0 Å². The zero-order valence-corrected chi connectivity index (χ0v) is 21.6. The predicted molar refractivity (Wildman–Crippen MR) is 130 cm³/mol. The number of aliphatic hydroxyl groups is 1. The van der Waals surface area contributed by atoms with Gasteiger partial charge in [0.25, 0.3) is 0 Å². The quantitative estimate of drug-likeness (QED) is 0.129. The molecule has 0 saturated heterocycles. The Bertz CT molecular complexity index is 388. The van der Waals surface area contributed by atoms with E-state index in [0.29, 0.717) is 13.2 Å². The van der Waals surface area contributed by atoms with Gasteiger partial charge in [0.05, 0.1) is 12.9 Å². The molecule has 0 radical (unpaired) electrons. The lowest BCUT2D eigenvalue weighted by molar-refractivity contribution is 0.0419. The summed E-state index contributed by atoms with van der Waals surface area (Å²) in [6.45, 7) is 14.0. The summed E-state index contributed by atoms with van der Waals surface area (Å²) in [5.74, 6) is 0. The molecule has 0 heterocycles. The van der Waals surface area contributed by atoms with Gasteiger partial charge in [-0.25, -0.2) is 0 Å². The predicted octanol–water partition coefficient (Wildman–Crippen LogP) is 7.99. The van der Waals surface area contributed by atoms with Crippen LogP contribution < -0.4 is 0 Å². The van der Waals surface area contributed by atoms with Crippen LogP contribution in [0, 0.1) is 0 Å². The van der Waals surface area contributed by atoms with Gasteiger partial charge in [-0.15, -0.1) is 0 Å². The summed E-state index contributed by atoms with van der Waals surface area (Å²) in [6, 6.07) is 0. The van der Waals surface area contributed by atoms with Crippen LogP contribution in [0.4, 0.5) is 0 Å². The molecule has 3 nitrogen and oxygen atoms in total. The summed E-state index contributed by atoms with van der Waals surface area (Å²) >= 11 is 0. The lowest BCUT2D eigenvalue weighted by Gasteiger charge is -2.36. The Morgan fingerprint density at radius 1 is 0.793 bits per heavy atom. The van der Waals surface area contributed by atoms with Crippen LogP contribution in [-0.4, -0.2) is 32.7 Å². The molecular formula is C25H52O3Si. The smallest absolute Gasteiger partial charge is 0.192 e. The minimum Gasteiger partial charge on any atom is -0.499 e. The number of aliphatic hydroxyl groups excluding tert-OH is 1. The number of ether oxygens (including phenoxy) is 1. The third-order valence-corrected chi connectivity index (χ3v) is 10.6. The zero-order valence-electron chi connectivity index (χ0n) is 20.6. The molecular weight excluding hydrogens is 376 g/mol. The van der Waals surface area contributed by atoms with E-state index in [1.807, 2.05) is 0 Å². The molecule has 29 heavy (non-hydrogen) atoms. The standard InChI is InChI=1S/C25H52O3Si/c1-7-8-9-10-11-12-13-14-15-16-17-18-19-20-21-27-22-24(26)23-28-29(5,6)25(2,3)4/h20-21,24,26H,7-19,22-23H2,1-6H3/b21-20-. The molecule has 0 aromatic heterocycles. The lowest BCUT2D eigenvalue weighted by atomic mass is 10.0. The SMILES string of the molecule is CCCCCCCCCCCCCC/C=C\OCC(O)CO[Si](C)(C)C(C)(C)C. The average Bonchev–Trinajstić information content (AvgIpc) is 2.65. The average molecular weight is 429 g/mol. The van der Waals surface area contributed by atoms with Crippen molar-refractivity contribution < 1.29 is 14.3 Å². The van der Waals surface area contributed by atoms with Crippen molar-refractivity contribution in [2.45, 2.75) is 135 Å². The molecule has 1 unspecified atom stereocenters. The highest BCUT2D eigenvalue weighted by atomic mass is 28.4. The number of unbranched alkanes of at least 4 members (excludes halogenated alkanes) is 12. The third-order valence-electron chi connectivity index (χ3n) is 6.15. The van der Waals surface area contributed by atoms with E-state index in [0.717, 1.165) is 6.42 Å². The summed E-state index contributed by atoms with van der Waals surface area (Å²) in [7, 11) is -1.79. The first kappa shape index (κ1) is 28.7. The van der Waals surface area contributed by atoms with Gasteiger partial charge in [0.1, 0.15) is 12.7 Å². The van der Waals surface area contributed by atoms with Crippen molar-refractivity contribution >= 4 is 8.32 Å². The van der Waals surface area contributed by atoms with Gasteiger partial charge in [-0.3, -0.25) is 0 Å². The fourth-order valence-electron chi connectivity index (χ4n) is 2.98. The molecule has 0 aromatic carbocycles. The molecule has 0 rings (SSSR count). The van der Waals surface area contributed by atoms with Gasteiger partial charge in [-0.1, -0.05) is 98.3 Å². The minimum absolute atomic E-state index is 0.168. The van der Waals surface area contributed by atoms with E-state index in [4.69, 9.17) is 9.16 Å². The number of hydrogen-bond acceptors (Lipinski definition) is 3. The second-order valence-electron chi connectivity index (χ2n) is 10.1. The van der Waals surface area contributed by atoms with Gasteiger partial charge >= 0.3 is 0 Å². The van der Waals surface area contributed by atoms with Crippen LogP contribution in [0.15, 0.2) is 12.3 Å².